The first-order chi connectivity index (χ1) is 12.5. The summed E-state index contributed by atoms with van der Waals surface area (Å²) in [5.41, 5.74) is 4.18. The third-order valence-electron chi connectivity index (χ3n) is 4.70. The Balaban J connectivity index is 1.66. The third kappa shape index (κ3) is 4.11. The van der Waals surface area contributed by atoms with E-state index in [1.54, 1.807) is 14.2 Å². The Morgan fingerprint density at radius 3 is 2.50 bits per heavy atom. The Morgan fingerprint density at radius 2 is 1.85 bits per heavy atom. The number of hydrogen-bond acceptors (Lipinski definition) is 3. The topological polar surface area (TPSA) is 52.0 Å². The van der Waals surface area contributed by atoms with Crippen molar-refractivity contribution in [1.82, 2.24) is 0 Å². The number of carbonyl (C=O) groups is 1. The number of methoxy groups -OCH3 is 2. The van der Waals surface area contributed by atoms with Crippen molar-refractivity contribution < 1.29 is 19.2 Å². The van der Waals surface area contributed by atoms with Crippen LogP contribution in [-0.2, 0) is 17.8 Å². The summed E-state index contributed by atoms with van der Waals surface area (Å²) in [5, 5.41) is 3.48. The quantitative estimate of drug-likeness (QED) is 0.842. The highest BCUT2D eigenvalue weighted by Crippen LogP contribution is 2.31. The van der Waals surface area contributed by atoms with Crippen LogP contribution in [0, 0.1) is 6.92 Å². The Kier molecular flexibility index (Phi) is 5.69. The van der Waals surface area contributed by atoms with Crippen LogP contribution >= 0.6 is 11.6 Å². The summed E-state index contributed by atoms with van der Waals surface area (Å²) in [4.78, 5) is 13.6. The van der Waals surface area contributed by atoms with Gasteiger partial charge in [-0.1, -0.05) is 17.7 Å². The highest BCUT2D eigenvalue weighted by molar-refractivity contribution is 6.33. The molecule has 0 fully saturated rings. The molecule has 5 nitrogen and oxygen atoms in total. The Hall–Kier alpha value is -2.24. The minimum Gasteiger partial charge on any atom is -0.493 e. The number of ether oxygens (including phenoxy) is 2. The lowest BCUT2D eigenvalue weighted by atomic mass is 9.99. The summed E-state index contributed by atoms with van der Waals surface area (Å²) in [7, 11) is 3.28. The fourth-order valence-electron chi connectivity index (χ4n) is 3.32. The van der Waals surface area contributed by atoms with Gasteiger partial charge in [0.15, 0.2) is 18.0 Å². The summed E-state index contributed by atoms with van der Waals surface area (Å²) in [6.07, 6.45) is 0.906. The fraction of sp³-hybridized carbons (Fsp3) is 0.350. The number of carbonyl (C=O) groups excluding carboxylic acids is 1. The molecule has 1 unspecified atom stereocenters. The summed E-state index contributed by atoms with van der Waals surface area (Å²) in [5.74, 6) is 1.44. The molecular weight excluding hydrogens is 352 g/mol. The van der Waals surface area contributed by atoms with Gasteiger partial charge in [-0.3, -0.25) is 4.79 Å². The number of amides is 1. The maximum absolute atomic E-state index is 12.4. The Labute approximate surface area is 158 Å². The van der Waals surface area contributed by atoms with Gasteiger partial charge in [-0.25, -0.2) is 0 Å². The number of aryl methyl sites for hydroxylation is 1. The monoisotopic (exact) mass is 375 g/mol. The van der Waals surface area contributed by atoms with Crippen LogP contribution in [0.1, 0.15) is 16.7 Å². The minimum absolute atomic E-state index is 0.0327. The largest absolute Gasteiger partial charge is 0.493 e. The summed E-state index contributed by atoms with van der Waals surface area (Å²) in [6.45, 7) is 4.05. The van der Waals surface area contributed by atoms with Crippen molar-refractivity contribution in [2.24, 2.45) is 0 Å². The van der Waals surface area contributed by atoms with Gasteiger partial charge in [0.05, 0.1) is 31.5 Å². The molecule has 3 rings (SSSR count). The fourth-order valence-corrected chi connectivity index (χ4v) is 3.61. The normalized spacial score (nSPS) is 15.9. The lowest BCUT2D eigenvalue weighted by Crippen LogP contribution is -3.12. The maximum atomic E-state index is 12.4. The molecule has 26 heavy (non-hydrogen) atoms. The van der Waals surface area contributed by atoms with Gasteiger partial charge < -0.3 is 19.7 Å². The molecule has 1 amide bonds. The SMILES string of the molecule is COc1cc2c(cc1OC)C[NH+](CC(=O)Nc1ccc(C)cc1Cl)CC2. The second-order valence-corrected chi connectivity index (χ2v) is 7.02. The number of halogens is 1. The number of benzene rings is 2. The summed E-state index contributed by atoms with van der Waals surface area (Å²) < 4.78 is 10.8. The van der Waals surface area contributed by atoms with Gasteiger partial charge in [-0.15, -0.1) is 0 Å². The van der Waals surface area contributed by atoms with E-state index in [-0.39, 0.29) is 5.91 Å². The number of rotatable bonds is 5. The molecule has 2 N–H and O–H groups in total. The van der Waals surface area contributed by atoms with Gasteiger partial charge in [-0.05, 0) is 42.3 Å². The summed E-state index contributed by atoms with van der Waals surface area (Å²) >= 11 is 6.20. The lowest BCUT2D eigenvalue weighted by molar-refractivity contribution is -0.907. The molecule has 0 saturated carbocycles. The van der Waals surface area contributed by atoms with E-state index in [0.717, 1.165) is 36.6 Å². The van der Waals surface area contributed by atoms with E-state index >= 15 is 0 Å². The lowest BCUT2D eigenvalue weighted by Gasteiger charge is -2.26. The van der Waals surface area contributed by atoms with Crippen molar-refractivity contribution in [2.75, 3.05) is 32.6 Å². The van der Waals surface area contributed by atoms with E-state index in [1.165, 1.54) is 16.0 Å². The first kappa shape index (κ1) is 18.5. The average Bonchev–Trinajstić information content (AvgIpc) is 2.62. The van der Waals surface area contributed by atoms with Crippen LogP contribution in [-0.4, -0.2) is 33.2 Å². The molecule has 1 aliphatic heterocycles. The van der Waals surface area contributed by atoms with Crippen LogP contribution in [0.3, 0.4) is 0 Å². The number of hydrogen-bond donors (Lipinski definition) is 2. The Morgan fingerprint density at radius 1 is 1.15 bits per heavy atom. The molecule has 2 aromatic carbocycles. The molecule has 1 aliphatic rings. The van der Waals surface area contributed by atoms with Crippen molar-refractivity contribution in [3.63, 3.8) is 0 Å². The van der Waals surface area contributed by atoms with Crippen molar-refractivity contribution in [1.29, 1.82) is 0 Å². The molecule has 0 aromatic heterocycles. The predicted octanol–water partition coefficient (Wildman–Crippen LogP) is 2.25. The molecule has 0 radical (unpaired) electrons. The molecular formula is C20H24ClN2O3+. The second-order valence-electron chi connectivity index (χ2n) is 6.61. The van der Waals surface area contributed by atoms with Crippen LogP contribution < -0.4 is 19.7 Å². The highest BCUT2D eigenvalue weighted by atomic mass is 35.5. The molecule has 0 aliphatic carbocycles. The van der Waals surface area contributed by atoms with Crippen LogP contribution in [0.5, 0.6) is 11.5 Å². The van der Waals surface area contributed by atoms with E-state index in [2.05, 4.69) is 5.32 Å². The second kappa shape index (κ2) is 7.98. The number of quaternary nitrogens is 1. The van der Waals surface area contributed by atoms with Gasteiger partial charge in [0, 0.05) is 12.0 Å². The van der Waals surface area contributed by atoms with E-state index in [9.17, 15) is 4.79 Å². The first-order valence-electron chi connectivity index (χ1n) is 8.63. The molecule has 0 bridgehead atoms. The maximum Gasteiger partial charge on any atom is 0.279 e. The molecule has 1 heterocycles. The zero-order valence-corrected chi connectivity index (χ0v) is 16.1. The molecule has 0 saturated heterocycles. The van der Waals surface area contributed by atoms with Crippen LogP contribution in [0.4, 0.5) is 5.69 Å². The van der Waals surface area contributed by atoms with Crippen molar-refractivity contribution in [3.8, 4) is 11.5 Å². The van der Waals surface area contributed by atoms with Gasteiger partial charge in [-0.2, -0.15) is 0 Å². The van der Waals surface area contributed by atoms with Crippen LogP contribution in [0.15, 0.2) is 30.3 Å². The van der Waals surface area contributed by atoms with E-state index in [0.29, 0.717) is 17.3 Å². The molecule has 0 spiro atoms. The highest BCUT2D eigenvalue weighted by Gasteiger charge is 2.24. The molecule has 1 atom stereocenters. The average molecular weight is 376 g/mol. The first-order valence-corrected chi connectivity index (χ1v) is 9.01. The smallest absolute Gasteiger partial charge is 0.279 e. The van der Waals surface area contributed by atoms with Crippen molar-refractivity contribution >= 4 is 23.2 Å². The van der Waals surface area contributed by atoms with E-state index in [1.807, 2.05) is 37.3 Å². The summed E-state index contributed by atoms with van der Waals surface area (Å²) in [6, 6.07) is 9.68. The van der Waals surface area contributed by atoms with Crippen LogP contribution in [0.25, 0.3) is 0 Å². The number of nitrogens with one attached hydrogen (secondary N) is 2. The van der Waals surface area contributed by atoms with Gasteiger partial charge in [0.1, 0.15) is 6.54 Å². The molecule has 6 heteroatoms. The van der Waals surface area contributed by atoms with Gasteiger partial charge in [0.2, 0.25) is 0 Å². The van der Waals surface area contributed by atoms with Crippen molar-refractivity contribution in [2.45, 2.75) is 19.9 Å². The minimum atomic E-state index is -0.0327. The van der Waals surface area contributed by atoms with Crippen LogP contribution in [0.2, 0.25) is 5.02 Å². The van der Waals surface area contributed by atoms with E-state index < -0.39 is 0 Å². The van der Waals surface area contributed by atoms with E-state index in [4.69, 9.17) is 21.1 Å². The zero-order chi connectivity index (χ0) is 18.7. The molecule has 2 aromatic rings. The predicted molar refractivity (Wildman–Crippen MR) is 102 cm³/mol. The number of fused-ring (bicyclic) bond motifs is 1. The molecule has 138 valence electrons. The zero-order valence-electron chi connectivity index (χ0n) is 15.3. The standard InChI is InChI=1S/C20H23ClN2O3/c1-13-4-5-17(16(21)8-13)22-20(24)12-23-7-6-14-9-18(25-2)19(26-3)10-15(14)11-23/h4-5,8-10H,6-7,11-12H2,1-3H3,(H,22,24)/p+1. The third-order valence-corrected chi connectivity index (χ3v) is 5.02. The van der Waals surface area contributed by atoms with Gasteiger partial charge in [0.25, 0.3) is 5.91 Å². The number of anilines is 1. The Bertz CT molecular complexity index is 823. The van der Waals surface area contributed by atoms with Crippen molar-refractivity contribution in [3.05, 3.63) is 52.0 Å². The van der Waals surface area contributed by atoms with Gasteiger partial charge >= 0.3 is 0 Å².